The molecule has 10 nitrogen and oxygen atoms in total. The quantitative estimate of drug-likeness (QED) is 0.546. The molecule has 2 aromatic heterocycles. The van der Waals surface area contributed by atoms with Gasteiger partial charge in [-0.2, -0.15) is 5.26 Å². The van der Waals surface area contributed by atoms with Gasteiger partial charge in [0.15, 0.2) is 0 Å². The van der Waals surface area contributed by atoms with Crippen LogP contribution in [-0.2, 0) is 4.79 Å². The average molecular weight is 460 g/mol. The molecule has 4 rings (SSSR count). The first-order chi connectivity index (χ1) is 16.5. The Kier molecular flexibility index (Phi) is 6.85. The number of likely N-dealkylation sites (tertiary alicyclic amines) is 1. The van der Waals surface area contributed by atoms with Crippen LogP contribution in [0.4, 0.5) is 17.5 Å². The van der Waals surface area contributed by atoms with E-state index in [0.29, 0.717) is 42.5 Å². The number of carbonyl (C=O) groups is 1. The Hall–Kier alpha value is -4.23. The molecule has 1 aromatic carbocycles. The maximum Gasteiger partial charge on any atom is 0.248 e. The molecule has 1 fully saturated rings. The van der Waals surface area contributed by atoms with Crippen molar-refractivity contribution in [3.63, 3.8) is 0 Å². The van der Waals surface area contributed by atoms with Crippen LogP contribution in [0.1, 0.15) is 12.0 Å². The van der Waals surface area contributed by atoms with E-state index in [1.54, 1.807) is 35.5 Å². The molecule has 1 aliphatic rings. The maximum absolute atomic E-state index is 11.7. The number of rotatable bonds is 7. The van der Waals surface area contributed by atoms with Crippen LogP contribution < -0.4 is 15.0 Å². The lowest BCUT2D eigenvalue weighted by molar-refractivity contribution is -0.133. The topological polar surface area (TPSA) is 128 Å². The smallest absolute Gasteiger partial charge is 0.248 e. The molecule has 1 aliphatic heterocycles. The Morgan fingerprint density at radius 3 is 2.85 bits per heavy atom. The monoisotopic (exact) mass is 459 g/mol. The summed E-state index contributed by atoms with van der Waals surface area (Å²) in [4.78, 5) is 28.4. The number of benzene rings is 1. The van der Waals surface area contributed by atoms with Gasteiger partial charge in [-0.25, -0.2) is 15.0 Å². The largest absolute Gasteiger partial charge is 0.487 e. The van der Waals surface area contributed by atoms with Gasteiger partial charge >= 0.3 is 0 Å². The summed E-state index contributed by atoms with van der Waals surface area (Å²) in [6.45, 7) is 0.393. The number of ether oxygens (including phenoxy) is 1. The molecule has 34 heavy (non-hydrogen) atoms. The van der Waals surface area contributed by atoms with Crippen LogP contribution in [0.25, 0.3) is 11.3 Å². The highest BCUT2D eigenvalue weighted by Gasteiger charge is 2.27. The lowest BCUT2D eigenvalue weighted by atomic mass is 10.1. The third-order valence-electron chi connectivity index (χ3n) is 5.44. The fourth-order valence-electron chi connectivity index (χ4n) is 3.64. The first kappa shape index (κ1) is 22.9. The molecular weight excluding hydrogens is 434 g/mol. The zero-order valence-corrected chi connectivity index (χ0v) is 19.0. The predicted molar refractivity (Wildman–Crippen MR) is 127 cm³/mol. The Labute approximate surface area is 197 Å². The lowest BCUT2D eigenvalue weighted by Gasteiger charge is -2.17. The standard InChI is InChI=1S/C24H25N7O3/c1-30(2)22-6-4-18(13-27-22)28-24-26-9-7-20(29-24)16-3-5-21(17(11-16)12-25)34-19-8-10-31(14-19)23(33)15-32/h3-7,9,11,13,19,32H,8,10,14-15H2,1-2H3,(H,26,28,29). The van der Waals surface area contributed by atoms with E-state index in [-0.39, 0.29) is 12.0 Å². The van der Waals surface area contributed by atoms with Crippen LogP contribution in [0.5, 0.6) is 5.75 Å². The molecule has 174 valence electrons. The van der Waals surface area contributed by atoms with Crippen molar-refractivity contribution in [1.82, 2.24) is 19.9 Å². The zero-order valence-electron chi connectivity index (χ0n) is 19.0. The summed E-state index contributed by atoms with van der Waals surface area (Å²) in [5.41, 5.74) is 2.54. The van der Waals surface area contributed by atoms with E-state index in [4.69, 9.17) is 9.84 Å². The Bertz CT molecular complexity index is 1210. The van der Waals surface area contributed by atoms with Crippen molar-refractivity contribution in [1.29, 1.82) is 5.26 Å². The molecule has 10 heteroatoms. The summed E-state index contributed by atoms with van der Waals surface area (Å²) >= 11 is 0. The van der Waals surface area contributed by atoms with E-state index < -0.39 is 6.61 Å². The van der Waals surface area contributed by atoms with Gasteiger partial charge in [-0.1, -0.05) is 0 Å². The minimum absolute atomic E-state index is 0.226. The number of hydrogen-bond acceptors (Lipinski definition) is 9. The van der Waals surface area contributed by atoms with E-state index in [1.807, 2.05) is 37.2 Å². The third kappa shape index (κ3) is 5.22. The van der Waals surface area contributed by atoms with Gasteiger partial charge in [0, 0.05) is 38.8 Å². The molecule has 0 bridgehead atoms. The van der Waals surface area contributed by atoms with Crippen LogP contribution in [-0.4, -0.2) is 70.8 Å². The summed E-state index contributed by atoms with van der Waals surface area (Å²) in [5.74, 6) is 1.39. The number of aromatic nitrogens is 3. The van der Waals surface area contributed by atoms with Gasteiger partial charge in [-0.15, -0.1) is 0 Å². The Morgan fingerprint density at radius 2 is 2.15 bits per heavy atom. The first-order valence-electron chi connectivity index (χ1n) is 10.8. The van der Waals surface area contributed by atoms with E-state index in [1.165, 1.54) is 0 Å². The average Bonchev–Trinajstić information content (AvgIpc) is 3.33. The van der Waals surface area contributed by atoms with Gasteiger partial charge in [-0.3, -0.25) is 4.79 Å². The van der Waals surface area contributed by atoms with E-state index >= 15 is 0 Å². The number of anilines is 3. The number of nitrogens with one attached hydrogen (secondary N) is 1. The van der Waals surface area contributed by atoms with Crippen molar-refractivity contribution in [3.8, 4) is 23.1 Å². The van der Waals surface area contributed by atoms with E-state index in [9.17, 15) is 10.1 Å². The number of carbonyl (C=O) groups excluding carboxylic acids is 1. The van der Waals surface area contributed by atoms with Gasteiger partial charge in [0.2, 0.25) is 11.9 Å². The Balaban J connectivity index is 1.48. The summed E-state index contributed by atoms with van der Waals surface area (Å²) in [5, 5.41) is 21.8. The number of aliphatic hydroxyl groups excluding tert-OH is 1. The second-order valence-corrected chi connectivity index (χ2v) is 8.04. The van der Waals surface area contributed by atoms with Gasteiger partial charge in [-0.05, 0) is 36.4 Å². The molecule has 2 N–H and O–H groups in total. The van der Waals surface area contributed by atoms with Crippen LogP contribution in [0.2, 0.25) is 0 Å². The first-order valence-corrected chi connectivity index (χ1v) is 10.8. The number of aliphatic hydroxyl groups is 1. The van der Waals surface area contributed by atoms with E-state index in [2.05, 4.69) is 26.3 Å². The number of nitriles is 1. The van der Waals surface area contributed by atoms with Crippen molar-refractivity contribution >= 4 is 23.4 Å². The van der Waals surface area contributed by atoms with Crippen molar-refractivity contribution in [3.05, 3.63) is 54.4 Å². The van der Waals surface area contributed by atoms with Gasteiger partial charge in [0.1, 0.15) is 30.3 Å². The molecule has 1 saturated heterocycles. The summed E-state index contributed by atoms with van der Waals surface area (Å²) < 4.78 is 5.99. The Morgan fingerprint density at radius 1 is 1.29 bits per heavy atom. The molecule has 0 radical (unpaired) electrons. The normalized spacial score (nSPS) is 15.0. The highest BCUT2D eigenvalue weighted by atomic mass is 16.5. The zero-order chi connectivity index (χ0) is 24.1. The van der Waals surface area contributed by atoms with Gasteiger partial charge < -0.3 is 25.0 Å². The van der Waals surface area contributed by atoms with Crippen LogP contribution >= 0.6 is 0 Å². The summed E-state index contributed by atoms with van der Waals surface area (Å²) in [7, 11) is 3.85. The van der Waals surface area contributed by atoms with Gasteiger partial charge in [0.25, 0.3) is 0 Å². The fourth-order valence-corrected chi connectivity index (χ4v) is 3.64. The predicted octanol–water partition coefficient (Wildman–Crippen LogP) is 2.19. The second kappa shape index (κ2) is 10.1. The number of amides is 1. The van der Waals surface area contributed by atoms with Gasteiger partial charge in [0.05, 0.1) is 29.7 Å². The molecule has 0 spiro atoms. The van der Waals surface area contributed by atoms with Crippen molar-refractivity contribution in [2.45, 2.75) is 12.5 Å². The highest BCUT2D eigenvalue weighted by molar-refractivity contribution is 5.77. The van der Waals surface area contributed by atoms with Crippen molar-refractivity contribution < 1.29 is 14.6 Å². The molecule has 3 heterocycles. The van der Waals surface area contributed by atoms with Crippen LogP contribution in [0, 0.1) is 11.3 Å². The van der Waals surface area contributed by atoms with Crippen molar-refractivity contribution in [2.24, 2.45) is 0 Å². The summed E-state index contributed by atoms with van der Waals surface area (Å²) in [6.07, 6.45) is 3.78. The lowest BCUT2D eigenvalue weighted by Crippen LogP contribution is -2.32. The molecule has 0 saturated carbocycles. The SMILES string of the molecule is CN(C)c1ccc(Nc2nccc(-c3ccc(OC4CCN(C(=O)CO)C4)c(C#N)c3)n2)cn1. The number of pyridine rings is 1. The molecule has 1 atom stereocenters. The molecule has 1 amide bonds. The molecule has 3 aromatic rings. The minimum atomic E-state index is -0.515. The fraction of sp³-hybridized carbons (Fsp3) is 0.292. The third-order valence-corrected chi connectivity index (χ3v) is 5.44. The number of hydrogen-bond donors (Lipinski definition) is 2. The minimum Gasteiger partial charge on any atom is -0.487 e. The second-order valence-electron chi connectivity index (χ2n) is 8.04. The molecule has 0 aliphatic carbocycles. The van der Waals surface area contributed by atoms with Crippen LogP contribution in [0.15, 0.2) is 48.8 Å². The van der Waals surface area contributed by atoms with E-state index in [0.717, 1.165) is 17.1 Å². The summed E-state index contributed by atoms with van der Waals surface area (Å²) in [6, 6.07) is 13.0. The molecule has 1 unspecified atom stereocenters. The van der Waals surface area contributed by atoms with Crippen molar-refractivity contribution in [2.75, 3.05) is 44.0 Å². The van der Waals surface area contributed by atoms with Crippen LogP contribution in [0.3, 0.4) is 0 Å². The highest BCUT2D eigenvalue weighted by Crippen LogP contribution is 2.28. The number of nitrogens with zero attached hydrogens (tertiary/aromatic N) is 6. The maximum atomic E-state index is 11.7. The molecular formula is C24H25N7O3.